The van der Waals surface area contributed by atoms with Crippen molar-refractivity contribution in [1.82, 2.24) is 0 Å². The number of rotatable bonds is 9. The van der Waals surface area contributed by atoms with Gasteiger partial charge in [0.15, 0.2) is 0 Å². The van der Waals surface area contributed by atoms with Crippen LogP contribution in [0.2, 0.25) is 0 Å². The lowest BCUT2D eigenvalue weighted by molar-refractivity contribution is 0.118. The molecule has 0 aliphatic heterocycles. The molecule has 0 N–H and O–H groups in total. The van der Waals surface area contributed by atoms with Crippen molar-refractivity contribution < 1.29 is 0 Å². The van der Waals surface area contributed by atoms with Crippen LogP contribution in [0.25, 0.3) is 0 Å². The quantitative estimate of drug-likeness (QED) is 0.409. The second-order valence-corrected chi connectivity index (χ2v) is 9.58. The monoisotopic (exact) mass is 308 g/mol. The van der Waals surface area contributed by atoms with Crippen LogP contribution in [0, 0.1) is 35.0 Å². The predicted octanol–water partition coefficient (Wildman–Crippen LogP) is 7.72. The van der Waals surface area contributed by atoms with Gasteiger partial charge in [0.2, 0.25) is 0 Å². The van der Waals surface area contributed by atoms with Crippen molar-refractivity contribution >= 4 is 0 Å². The van der Waals surface area contributed by atoms with Crippen LogP contribution in [0.15, 0.2) is 0 Å². The number of hydrogen-bond acceptors (Lipinski definition) is 0. The molecular weight excluding hydrogens is 264 g/mol. The van der Waals surface area contributed by atoms with Gasteiger partial charge in [0.25, 0.3) is 0 Å². The summed E-state index contributed by atoms with van der Waals surface area (Å²) in [7, 11) is 0. The van der Waals surface area contributed by atoms with Gasteiger partial charge in [0.1, 0.15) is 0 Å². The van der Waals surface area contributed by atoms with Gasteiger partial charge in [-0.25, -0.2) is 0 Å². The van der Waals surface area contributed by atoms with Crippen LogP contribution in [0.1, 0.15) is 106 Å². The largest absolute Gasteiger partial charge is 0.0651 e. The van der Waals surface area contributed by atoms with Crippen LogP contribution in [-0.2, 0) is 0 Å². The Kier molecular flexibility index (Phi) is 8.50. The molecule has 0 heteroatoms. The van der Waals surface area contributed by atoms with Crippen molar-refractivity contribution in [3.63, 3.8) is 0 Å². The molecule has 1 aliphatic carbocycles. The third kappa shape index (κ3) is 6.63. The Hall–Kier alpha value is 0. The normalized spacial score (nSPS) is 26.2. The van der Waals surface area contributed by atoms with Crippen LogP contribution in [0.3, 0.4) is 0 Å². The molecule has 0 bridgehead atoms. The van der Waals surface area contributed by atoms with Crippen molar-refractivity contribution in [2.45, 2.75) is 106 Å². The molecule has 0 aromatic rings. The van der Waals surface area contributed by atoms with E-state index in [-0.39, 0.29) is 0 Å². The maximum absolute atomic E-state index is 2.54. The highest BCUT2D eigenvalue weighted by atomic mass is 14.4. The Morgan fingerprint density at radius 2 is 1.50 bits per heavy atom. The second-order valence-electron chi connectivity index (χ2n) is 9.58. The maximum atomic E-state index is 2.54. The van der Waals surface area contributed by atoms with Crippen LogP contribution in [0.5, 0.6) is 0 Å². The van der Waals surface area contributed by atoms with E-state index in [1.54, 1.807) is 0 Å². The molecular formula is C22H44. The van der Waals surface area contributed by atoms with E-state index in [9.17, 15) is 0 Å². The van der Waals surface area contributed by atoms with E-state index in [4.69, 9.17) is 0 Å². The van der Waals surface area contributed by atoms with Gasteiger partial charge in [-0.2, -0.15) is 0 Å². The van der Waals surface area contributed by atoms with Gasteiger partial charge in [0.05, 0.1) is 0 Å². The Bertz CT molecular complexity index is 280. The van der Waals surface area contributed by atoms with Gasteiger partial charge in [-0.1, -0.05) is 80.6 Å². The average Bonchev–Trinajstić information content (AvgIpc) is 2.46. The van der Waals surface area contributed by atoms with Gasteiger partial charge < -0.3 is 0 Å². The minimum atomic E-state index is 0.566. The standard InChI is InChI=1S/C22H44/c1-8-20(17(2)3)12-9-19(5)15-16-22(6,7)21-13-10-18(4)11-14-21/h17-21H,8-16H2,1-7H3. The molecule has 0 nitrogen and oxygen atoms in total. The summed E-state index contributed by atoms with van der Waals surface area (Å²) in [5.41, 5.74) is 0.566. The molecule has 2 unspecified atom stereocenters. The molecule has 1 saturated carbocycles. The van der Waals surface area contributed by atoms with Crippen LogP contribution < -0.4 is 0 Å². The maximum Gasteiger partial charge on any atom is -0.0326 e. The van der Waals surface area contributed by atoms with Gasteiger partial charge in [-0.3, -0.25) is 0 Å². The van der Waals surface area contributed by atoms with Crippen LogP contribution in [-0.4, -0.2) is 0 Å². The molecule has 0 spiro atoms. The molecule has 132 valence electrons. The predicted molar refractivity (Wildman–Crippen MR) is 101 cm³/mol. The first-order valence-electron chi connectivity index (χ1n) is 10.3. The molecule has 0 aromatic heterocycles. The van der Waals surface area contributed by atoms with Crippen LogP contribution in [0.4, 0.5) is 0 Å². The second kappa shape index (κ2) is 9.33. The molecule has 2 atom stereocenters. The lowest BCUT2D eigenvalue weighted by Gasteiger charge is -2.39. The van der Waals surface area contributed by atoms with Crippen molar-refractivity contribution in [2.24, 2.45) is 35.0 Å². The van der Waals surface area contributed by atoms with Crippen LogP contribution >= 0.6 is 0 Å². The molecule has 22 heavy (non-hydrogen) atoms. The van der Waals surface area contributed by atoms with Crippen molar-refractivity contribution in [1.29, 1.82) is 0 Å². The molecule has 0 heterocycles. The topological polar surface area (TPSA) is 0 Å². The zero-order chi connectivity index (χ0) is 16.8. The van der Waals surface area contributed by atoms with E-state index in [0.29, 0.717) is 5.41 Å². The summed E-state index contributed by atoms with van der Waals surface area (Å²) < 4.78 is 0. The van der Waals surface area contributed by atoms with Gasteiger partial charge >= 0.3 is 0 Å². The summed E-state index contributed by atoms with van der Waals surface area (Å²) in [4.78, 5) is 0. The van der Waals surface area contributed by atoms with E-state index in [1.807, 2.05) is 0 Å². The van der Waals surface area contributed by atoms with Crippen molar-refractivity contribution in [2.75, 3.05) is 0 Å². The molecule has 0 amide bonds. The SMILES string of the molecule is CCC(CCC(C)CCC(C)(C)C1CCC(C)CC1)C(C)C. The zero-order valence-corrected chi connectivity index (χ0v) is 16.8. The molecule has 0 radical (unpaired) electrons. The molecule has 1 fully saturated rings. The van der Waals surface area contributed by atoms with E-state index >= 15 is 0 Å². The fourth-order valence-electron chi connectivity index (χ4n) is 4.52. The smallest absolute Gasteiger partial charge is 0.0326 e. The van der Waals surface area contributed by atoms with Crippen molar-refractivity contribution in [3.8, 4) is 0 Å². The lowest BCUT2D eigenvalue weighted by Crippen LogP contribution is -2.28. The third-order valence-corrected chi connectivity index (χ3v) is 6.90. The molecule has 1 aliphatic rings. The minimum Gasteiger partial charge on any atom is -0.0651 e. The van der Waals surface area contributed by atoms with Gasteiger partial charge in [-0.05, 0) is 60.7 Å². The number of hydrogen-bond donors (Lipinski definition) is 0. The highest BCUT2D eigenvalue weighted by Crippen LogP contribution is 2.43. The Morgan fingerprint density at radius 3 is 2.00 bits per heavy atom. The van der Waals surface area contributed by atoms with Crippen molar-refractivity contribution in [3.05, 3.63) is 0 Å². The Labute approximate surface area is 141 Å². The van der Waals surface area contributed by atoms with E-state index in [2.05, 4.69) is 48.5 Å². The zero-order valence-electron chi connectivity index (χ0n) is 16.8. The van der Waals surface area contributed by atoms with E-state index < -0.39 is 0 Å². The van der Waals surface area contributed by atoms with Gasteiger partial charge in [0, 0.05) is 0 Å². The summed E-state index contributed by atoms with van der Waals surface area (Å²) in [5, 5.41) is 0. The first kappa shape index (κ1) is 20.0. The third-order valence-electron chi connectivity index (χ3n) is 6.90. The molecule has 1 rings (SSSR count). The molecule has 0 saturated heterocycles. The Morgan fingerprint density at radius 1 is 0.909 bits per heavy atom. The summed E-state index contributed by atoms with van der Waals surface area (Å²) >= 11 is 0. The fraction of sp³-hybridized carbons (Fsp3) is 1.00. The Balaban J connectivity index is 2.31. The molecule has 0 aromatic carbocycles. The first-order valence-corrected chi connectivity index (χ1v) is 10.3. The minimum absolute atomic E-state index is 0.566. The highest BCUT2D eigenvalue weighted by Gasteiger charge is 2.32. The highest BCUT2D eigenvalue weighted by molar-refractivity contribution is 4.83. The lowest BCUT2D eigenvalue weighted by atomic mass is 9.66. The van der Waals surface area contributed by atoms with E-state index in [0.717, 1.165) is 29.6 Å². The average molecular weight is 309 g/mol. The summed E-state index contributed by atoms with van der Waals surface area (Å²) in [6.07, 6.45) is 13.0. The summed E-state index contributed by atoms with van der Waals surface area (Å²) in [6.45, 7) is 17.2. The van der Waals surface area contributed by atoms with Gasteiger partial charge in [-0.15, -0.1) is 0 Å². The van der Waals surface area contributed by atoms with E-state index in [1.165, 1.54) is 57.8 Å². The summed E-state index contributed by atoms with van der Waals surface area (Å²) in [5.74, 6) is 4.67. The first-order chi connectivity index (χ1) is 10.3. The summed E-state index contributed by atoms with van der Waals surface area (Å²) in [6, 6.07) is 0. The fourth-order valence-corrected chi connectivity index (χ4v) is 4.52.